The number of amides is 1. The Kier molecular flexibility index (Phi) is 3.88. The second-order valence-corrected chi connectivity index (χ2v) is 6.93. The number of piperidine rings is 1. The first kappa shape index (κ1) is 15.4. The van der Waals surface area contributed by atoms with Crippen molar-refractivity contribution in [3.05, 3.63) is 53.1 Å². The Bertz CT molecular complexity index is 744. The molecule has 0 unspecified atom stereocenters. The number of fused-ring (bicyclic) bond motifs is 1. The van der Waals surface area contributed by atoms with Crippen LogP contribution in [-0.2, 0) is 13.1 Å². The third-order valence-electron chi connectivity index (χ3n) is 5.34. The summed E-state index contributed by atoms with van der Waals surface area (Å²) in [5, 5.41) is 0. The molecule has 2 aliphatic heterocycles. The lowest BCUT2D eigenvalue weighted by molar-refractivity contribution is 0.123. The zero-order chi connectivity index (χ0) is 16.7. The number of aromatic nitrogens is 2. The molecular formula is C19H24N4O. The third-order valence-corrected chi connectivity index (χ3v) is 5.34. The van der Waals surface area contributed by atoms with Gasteiger partial charge in [0.05, 0.1) is 17.9 Å². The average Bonchev–Trinajstić information content (AvgIpc) is 3.08. The molecular weight excluding hydrogens is 300 g/mol. The number of hydrogen-bond donors (Lipinski definition) is 0. The number of likely N-dealkylation sites (tertiary alicyclic amines) is 1. The molecule has 0 aliphatic carbocycles. The van der Waals surface area contributed by atoms with Crippen LogP contribution >= 0.6 is 0 Å². The minimum absolute atomic E-state index is 0.115. The minimum atomic E-state index is 0.115. The number of hydrogen-bond acceptors (Lipinski definition) is 3. The van der Waals surface area contributed by atoms with Gasteiger partial charge < -0.3 is 4.90 Å². The molecule has 126 valence electrons. The molecule has 5 nitrogen and oxygen atoms in total. The van der Waals surface area contributed by atoms with Gasteiger partial charge in [0, 0.05) is 25.7 Å². The van der Waals surface area contributed by atoms with E-state index in [2.05, 4.69) is 45.1 Å². The van der Waals surface area contributed by atoms with E-state index in [9.17, 15) is 4.79 Å². The number of rotatable bonds is 3. The second kappa shape index (κ2) is 6.06. The van der Waals surface area contributed by atoms with Gasteiger partial charge in [0.1, 0.15) is 5.82 Å². The highest BCUT2D eigenvalue weighted by Crippen LogP contribution is 2.28. The second-order valence-electron chi connectivity index (χ2n) is 6.93. The van der Waals surface area contributed by atoms with Crippen molar-refractivity contribution in [1.82, 2.24) is 19.4 Å². The van der Waals surface area contributed by atoms with Crippen LogP contribution in [0.2, 0.25) is 0 Å². The lowest BCUT2D eigenvalue weighted by Crippen LogP contribution is -2.45. The topological polar surface area (TPSA) is 41.4 Å². The first-order chi connectivity index (χ1) is 11.6. The zero-order valence-corrected chi connectivity index (χ0v) is 14.4. The predicted molar refractivity (Wildman–Crippen MR) is 92.8 cm³/mol. The van der Waals surface area contributed by atoms with Gasteiger partial charge in [-0.1, -0.05) is 30.3 Å². The minimum Gasteiger partial charge on any atom is -0.315 e. The van der Waals surface area contributed by atoms with Crippen molar-refractivity contribution in [3.8, 4) is 0 Å². The van der Waals surface area contributed by atoms with Crippen LogP contribution in [0.5, 0.6) is 0 Å². The van der Waals surface area contributed by atoms with Gasteiger partial charge >= 0.3 is 6.03 Å². The molecule has 1 saturated heterocycles. The number of carbonyl (C=O) groups excluding carboxylic acids is 1. The third kappa shape index (κ3) is 2.63. The molecule has 1 aromatic heterocycles. The van der Waals surface area contributed by atoms with Gasteiger partial charge in [-0.3, -0.25) is 9.47 Å². The highest BCUT2D eigenvalue weighted by Gasteiger charge is 2.36. The number of carbonyl (C=O) groups is 1. The Balaban J connectivity index is 1.39. The smallest absolute Gasteiger partial charge is 0.315 e. The molecule has 0 bridgehead atoms. The van der Waals surface area contributed by atoms with Crippen molar-refractivity contribution >= 4 is 6.03 Å². The Morgan fingerprint density at radius 1 is 1.12 bits per heavy atom. The molecule has 0 saturated carbocycles. The van der Waals surface area contributed by atoms with Gasteiger partial charge in [-0.15, -0.1) is 0 Å². The van der Waals surface area contributed by atoms with E-state index >= 15 is 0 Å². The van der Waals surface area contributed by atoms with E-state index in [1.165, 1.54) is 5.56 Å². The van der Waals surface area contributed by atoms with Crippen molar-refractivity contribution in [2.75, 3.05) is 13.1 Å². The molecule has 1 amide bonds. The van der Waals surface area contributed by atoms with E-state index < -0.39 is 0 Å². The van der Waals surface area contributed by atoms with E-state index in [1.807, 2.05) is 13.8 Å². The van der Waals surface area contributed by atoms with Crippen LogP contribution in [0.1, 0.15) is 35.6 Å². The van der Waals surface area contributed by atoms with Crippen LogP contribution in [0, 0.1) is 13.8 Å². The maximum absolute atomic E-state index is 12.7. The molecule has 2 aliphatic rings. The van der Waals surface area contributed by atoms with E-state index in [-0.39, 0.29) is 6.03 Å². The van der Waals surface area contributed by atoms with Gasteiger partial charge in [0.15, 0.2) is 0 Å². The Morgan fingerprint density at radius 3 is 2.50 bits per heavy atom. The summed E-state index contributed by atoms with van der Waals surface area (Å²) in [4.78, 5) is 21.7. The lowest BCUT2D eigenvalue weighted by Gasteiger charge is -2.36. The maximum Gasteiger partial charge on any atom is 0.330 e. The van der Waals surface area contributed by atoms with E-state index in [1.54, 1.807) is 4.57 Å². The monoisotopic (exact) mass is 324 g/mol. The van der Waals surface area contributed by atoms with Gasteiger partial charge in [0.2, 0.25) is 0 Å². The number of imidazole rings is 1. The average molecular weight is 324 g/mol. The van der Waals surface area contributed by atoms with Gasteiger partial charge in [-0.25, -0.2) is 9.78 Å². The molecule has 24 heavy (non-hydrogen) atoms. The van der Waals surface area contributed by atoms with Crippen molar-refractivity contribution in [2.45, 2.75) is 45.8 Å². The normalized spacial score (nSPS) is 19.1. The first-order valence-electron chi connectivity index (χ1n) is 8.75. The predicted octanol–water partition coefficient (Wildman–Crippen LogP) is 2.95. The van der Waals surface area contributed by atoms with Crippen LogP contribution in [-0.4, -0.2) is 44.5 Å². The number of benzene rings is 1. The summed E-state index contributed by atoms with van der Waals surface area (Å²) in [6, 6.07) is 11.1. The summed E-state index contributed by atoms with van der Waals surface area (Å²) in [6.45, 7) is 7.74. The van der Waals surface area contributed by atoms with Crippen LogP contribution in [0.25, 0.3) is 0 Å². The Morgan fingerprint density at radius 2 is 1.83 bits per heavy atom. The molecule has 0 N–H and O–H groups in total. The fourth-order valence-corrected chi connectivity index (χ4v) is 4.03. The van der Waals surface area contributed by atoms with Crippen LogP contribution in [0.4, 0.5) is 4.79 Å². The molecule has 0 atom stereocenters. The first-order valence-corrected chi connectivity index (χ1v) is 8.75. The number of nitrogens with zero attached hydrogens (tertiary/aromatic N) is 4. The Hall–Kier alpha value is -2.14. The summed E-state index contributed by atoms with van der Waals surface area (Å²) >= 11 is 0. The SMILES string of the molecule is Cc1nc(C)n2c1CN(C1CCN(Cc3ccccc3)CC1)C2=O. The van der Waals surface area contributed by atoms with E-state index in [0.29, 0.717) is 6.04 Å². The molecule has 1 aromatic carbocycles. The summed E-state index contributed by atoms with van der Waals surface area (Å²) in [6.07, 6.45) is 2.10. The summed E-state index contributed by atoms with van der Waals surface area (Å²) < 4.78 is 1.80. The maximum atomic E-state index is 12.7. The fraction of sp³-hybridized carbons (Fsp3) is 0.474. The quantitative estimate of drug-likeness (QED) is 0.872. The van der Waals surface area contributed by atoms with Crippen LogP contribution in [0.15, 0.2) is 30.3 Å². The summed E-state index contributed by atoms with van der Waals surface area (Å²) in [7, 11) is 0. The highest BCUT2D eigenvalue weighted by molar-refractivity contribution is 5.81. The fourth-order valence-electron chi connectivity index (χ4n) is 4.03. The lowest BCUT2D eigenvalue weighted by atomic mass is 10.0. The summed E-state index contributed by atoms with van der Waals surface area (Å²) in [5.41, 5.74) is 3.43. The molecule has 5 heteroatoms. The molecule has 2 aromatic rings. The van der Waals surface area contributed by atoms with Crippen molar-refractivity contribution in [3.63, 3.8) is 0 Å². The highest BCUT2D eigenvalue weighted by atomic mass is 16.2. The van der Waals surface area contributed by atoms with Gasteiger partial charge in [0.25, 0.3) is 0 Å². The Labute approximate surface area is 142 Å². The molecule has 0 spiro atoms. The van der Waals surface area contributed by atoms with Crippen LogP contribution < -0.4 is 0 Å². The number of aryl methyl sites for hydroxylation is 2. The summed E-state index contributed by atoms with van der Waals surface area (Å²) in [5.74, 6) is 0.816. The van der Waals surface area contributed by atoms with Crippen molar-refractivity contribution < 1.29 is 4.79 Å². The zero-order valence-electron chi connectivity index (χ0n) is 14.4. The molecule has 4 rings (SSSR count). The van der Waals surface area contributed by atoms with Crippen molar-refractivity contribution in [1.29, 1.82) is 0 Å². The van der Waals surface area contributed by atoms with E-state index in [4.69, 9.17) is 0 Å². The van der Waals surface area contributed by atoms with Crippen molar-refractivity contribution in [2.24, 2.45) is 0 Å². The molecule has 3 heterocycles. The molecule has 1 fully saturated rings. The van der Waals surface area contributed by atoms with Crippen LogP contribution in [0.3, 0.4) is 0 Å². The molecule has 0 radical (unpaired) electrons. The van der Waals surface area contributed by atoms with Gasteiger partial charge in [-0.05, 0) is 32.3 Å². The van der Waals surface area contributed by atoms with Gasteiger partial charge in [-0.2, -0.15) is 0 Å². The largest absolute Gasteiger partial charge is 0.330 e. The standard InChI is InChI=1S/C19H24N4O/c1-14-18-13-22(19(24)23(18)15(2)20-14)17-8-10-21(11-9-17)12-16-6-4-3-5-7-16/h3-7,17H,8-13H2,1-2H3. The van der Waals surface area contributed by atoms with E-state index in [0.717, 1.165) is 56.2 Å².